The van der Waals surface area contributed by atoms with Crippen LogP contribution >= 0.6 is 46.6 Å². The number of carbonyl (C=O) groups excluding carboxylic acids is 2. The Morgan fingerprint density at radius 2 is 2.29 bits per heavy atom. The van der Waals surface area contributed by atoms with Crippen molar-refractivity contribution < 1.29 is 19.4 Å². The quantitative estimate of drug-likeness (QED) is 0.341. The molecule has 1 aliphatic heterocycles. The summed E-state index contributed by atoms with van der Waals surface area (Å²) in [5, 5.41) is 9.49. The molecule has 1 amide bonds. The van der Waals surface area contributed by atoms with E-state index in [0.29, 0.717) is 12.8 Å². The Hall–Kier alpha value is -1.13. The molecular formula is C13H10INO4S2. The van der Waals surface area contributed by atoms with Crippen LogP contribution in [0.2, 0.25) is 0 Å². The lowest BCUT2D eigenvalue weighted by molar-refractivity contribution is -0.143. The van der Waals surface area contributed by atoms with Crippen LogP contribution in [-0.4, -0.2) is 39.9 Å². The first-order valence-electron chi connectivity index (χ1n) is 5.73. The van der Waals surface area contributed by atoms with E-state index in [2.05, 4.69) is 4.74 Å². The second kappa shape index (κ2) is 6.75. The van der Waals surface area contributed by atoms with Crippen molar-refractivity contribution in [2.75, 3.05) is 13.7 Å². The van der Waals surface area contributed by atoms with E-state index in [1.807, 2.05) is 22.6 Å². The first-order valence-corrected chi connectivity index (χ1v) is 8.03. The molecule has 1 heterocycles. The number of amides is 1. The Kier molecular flexibility index (Phi) is 5.22. The van der Waals surface area contributed by atoms with E-state index < -0.39 is 5.97 Å². The number of rotatable bonds is 3. The van der Waals surface area contributed by atoms with Gasteiger partial charge in [-0.3, -0.25) is 14.5 Å². The summed E-state index contributed by atoms with van der Waals surface area (Å²) in [6.07, 6.45) is 1.68. The molecule has 1 fully saturated rings. The number of phenolic OH excluding ortho intramolecular Hbond substituents is 1. The van der Waals surface area contributed by atoms with Gasteiger partial charge in [0.2, 0.25) is 0 Å². The van der Waals surface area contributed by atoms with Crippen LogP contribution in [0.1, 0.15) is 5.56 Å². The van der Waals surface area contributed by atoms with Crippen LogP contribution in [0.15, 0.2) is 23.1 Å². The van der Waals surface area contributed by atoms with Crippen molar-refractivity contribution in [3.63, 3.8) is 0 Å². The summed E-state index contributed by atoms with van der Waals surface area (Å²) >= 11 is 8.24. The highest BCUT2D eigenvalue weighted by atomic mass is 127. The van der Waals surface area contributed by atoms with Crippen LogP contribution in [0, 0.1) is 3.57 Å². The second-order valence-electron chi connectivity index (χ2n) is 4.05. The first-order chi connectivity index (χ1) is 9.92. The van der Waals surface area contributed by atoms with Crippen LogP contribution in [0.4, 0.5) is 0 Å². The molecule has 21 heavy (non-hydrogen) atoms. The average molecular weight is 435 g/mol. The maximum atomic E-state index is 12.2. The zero-order valence-corrected chi connectivity index (χ0v) is 14.6. The molecular weight excluding hydrogens is 425 g/mol. The summed E-state index contributed by atoms with van der Waals surface area (Å²) in [6.45, 7) is -0.189. The number of ether oxygens (including phenoxy) is 1. The van der Waals surface area contributed by atoms with Crippen LogP contribution in [0.25, 0.3) is 6.08 Å². The van der Waals surface area contributed by atoms with Crippen molar-refractivity contribution in [1.82, 2.24) is 4.90 Å². The zero-order valence-electron chi connectivity index (χ0n) is 10.8. The van der Waals surface area contributed by atoms with Gasteiger partial charge in [-0.1, -0.05) is 30.0 Å². The molecule has 0 bridgehead atoms. The molecule has 1 aromatic carbocycles. The maximum absolute atomic E-state index is 12.2. The van der Waals surface area contributed by atoms with Crippen molar-refractivity contribution in [2.45, 2.75) is 0 Å². The van der Waals surface area contributed by atoms with Crippen molar-refractivity contribution in [1.29, 1.82) is 0 Å². The van der Waals surface area contributed by atoms with Crippen molar-refractivity contribution in [3.05, 3.63) is 32.2 Å². The number of esters is 1. The van der Waals surface area contributed by atoms with Gasteiger partial charge < -0.3 is 9.84 Å². The van der Waals surface area contributed by atoms with Gasteiger partial charge in [-0.2, -0.15) is 0 Å². The van der Waals surface area contributed by atoms with Gasteiger partial charge in [0.25, 0.3) is 5.91 Å². The highest BCUT2D eigenvalue weighted by Gasteiger charge is 2.33. The fraction of sp³-hybridized carbons (Fsp3) is 0.154. The number of methoxy groups -OCH3 is 1. The summed E-state index contributed by atoms with van der Waals surface area (Å²) < 4.78 is 5.55. The molecule has 110 valence electrons. The Morgan fingerprint density at radius 3 is 2.90 bits per heavy atom. The van der Waals surface area contributed by atoms with Gasteiger partial charge in [-0.15, -0.1) is 0 Å². The van der Waals surface area contributed by atoms with Crippen LogP contribution in [0.5, 0.6) is 5.75 Å². The predicted octanol–water partition coefficient (Wildman–Crippen LogP) is 2.37. The molecule has 0 saturated carbocycles. The number of nitrogens with zero attached hydrogens (tertiary/aromatic N) is 1. The molecule has 1 saturated heterocycles. The molecule has 0 unspecified atom stereocenters. The topological polar surface area (TPSA) is 66.8 Å². The summed E-state index contributed by atoms with van der Waals surface area (Å²) in [5.41, 5.74) is 0.774. The number of phenols is 1. The second-order valence-corrected chi connectivity index (χ2v) is 6.89. The number of hydrogen-bond acceptors (Lipinski definition) is 6. The highest BCUT2D eigenvalue weighted by Crippen LogP contribution is 2.33. The van der Waals surface area contributed by atoms with Gasteiger partial charge in [0.15, 0.2) is 0 Å². The number of thioether (sulfide) groups is 1. The zero-order chi connectivity index (χ0) is 15.6. The number of hydrogen-bond donors (Lipinski definition) is 1. The molecule has 8 heteroatoms. The van der Waals surface area contributed by atoms with E-state index in [4.69, 9.17) is 12.2 Å². The molecule has 0 aromatic heterocycles. The lowest BCUT2D eigenvalue weighted by atomic mass is 10.2. The summed E-state index contributed by atoms with van der Waals surface area (Å²) in [5.74, 6) is -0.656. The number of halogens is 1. The van der Waals surface area contributed by atoms with Gasteiger partial charge in [0.05, 0.1) is 15.6 Å². The van der Waals surface area contributed by atoms with E-state index in [9.17, 15) is 14.7 Å². The van der Waals surface area contributed by atoms with Gasteiger partial charge in [-0.25, -0.2) is 0 Å². The molecule has 1 aliphatic rings. The maximum Gasteiger partial charge on any atom is 0.325 e. The standard InChI is InChI=1S/C13H10INO4S2/c1-19-11(17)6-15-12(18)10(21-13(15)20)5-7-2-3-9(16)8(14)4-7/h2-5,16H,6H2,1H3/b10-5-. The number of aromatic hydroxyl groups is 1. The summed E-state index contributed by atoms with van der Waals surface area (Å²) in [4.78, 5) is 25.1. The minimum Gasteiger partial charge on any atom is -0.507 e. The Bertz CT molecular complexity index is 660. The highest BCUT2D eigenvalue weighted by molar-refractivity contribution is 14.1. The van der Waals surface area contributed by atoms with Gasteiger partial charge in [0.1, 0.15) is 16.6 Å². The number of benzene rings is 1. The van der Waals surface area contributed by atoms with Crippen LogP contribution in [0.3, 0.4) is 0 Å². The number of thiocarbonyl (C=S) groups is 1. The molecule has 0 spiro atoms. The minimum atomic E-state index is -0.522. The lowest BCUT2D eigenvalue weighted by Gasteiger charge is -2.11. The van der Waals surface area contributed by atoms with Crippen LogP contribution in [-0.2, 0) is 14.3 Å². The Morgan fingerprint density at radius 1 is 1.57 bits per heavy atom. The van der Waals surface area contributed by atoms with Gasteiger partial charge >= 0.3 is 5.97 Å². The Balaban J connectivity index is 2.23. The first kappa shape index (κ1) is 16.2. The van der Waals surface area contributed by atoms with Crippen molar-refractivity contribution in [2.24, 2.45) is 0 Å². The largest absolute Gasteiger partial charge is 0.507 e. The van der Waals surface area contributed by atoms with Crippen LogP contribution < -0.4 is 0 Å². The SMILES string of the molecule is COC(=O)CN1C(=O)/C(=C/c2ccc(O)c(I)c2)SC1=S. The fourth-order valence-corrected chi connectivity index (χ4v) is 3.39. The van der Waals surface area contributed by atoms with E-state index in [1.54, 1.807) is 24.3 Å². The molecule has 1 aromatic rings. The Labute approximate surface area is 144 Å². The molecule has 2 rings (SSSR count). The predicted molar refractivity (Wildman–Crippen MR) is 92.7 cm³/mol. The monoisotopic (exact) mass is 435 g/mol. The van der Waals surface area contributed by atoms with E-state index in [1.165, 1.54) is 12.0 Å². The van der Waals surface area contributed by atoms with Crippen molar-refractivity contribution in [3.8, 4) is 5.75 Å². The minimum absolute atomic E-state index is 0.186. The smallest absolute Gasteiger partial charge is 0.325 e. The lowest BCUT2D eigenvalue weighted by Crippen LogP contribution is -2.33. The van der Waals surface area contributed by atoms with Crippen molar-refractivity contribution >= 4 is 68.8 Å². The average Bonchev–Trinajstić information content (AvgIpc) is 2.70. The van der Waals surface area contributed by atoms with E-state index in [0.717, 1.165) is 17.3 Å². The van der Waals surface area contributed by atoms with E-state index >= 15 is 0 Å². The van der Waals surface area contributed by atoms with Gasteiger partial charge in [-0.05, 0) is 46.4 Å². The normalized spacial score (nSPS) is 16.7. The molecule has 0 aliphatic carbocycles. The molecule has 1 N–H and O–H groups in total. The van der Waals surface area contributed by atoms with Gasteiger partial charge in [0, 0.05) is 0 Å². The third-order valence-corrected chi connectivity index (χ3v) is 4.90. The van der Waals surface area contributed by atoms with E-state index in [-0.39, 0.29) is 18.2 Å². The molecule has 5 nitrogen and oxygen atoms in total. The third kappa shape index (κ3) is 3.74. The molecule has 0 radical (unpaired) electrons. The molecule has 0 atom stereocenters. The third-order valence-electron chi connectivity index (χ3n) is 2.66. The fourth-order valence-electron chi connectivity index (χ4n) is 1.59. The number of carbonyl (C=O) groups is 2. The summed E-state index contributed by atoms with van der Waals surface area (Å²) in [7, 11) is 1.26. The summed E-state index contributed by atoms with van der Waals surface area (Å²) in [6, 6.07) is 5.01.